The molecule has 0 spiro atoms. The van der Waals surface area contributed by atoms with Crippen LogP contribution in [0.4, 0.5) is 10.5 Å². The smallest absolute Gasteiger partial charge is 0.315 e. The monoisotopic (exact) mass is 479 g/mol. The van der Waals surface area contributed by atoms with Gasteiger partial charge in [0.15, 0.2) is 0 Å². The number of urea groups is 1. The van der Waals surface area contributed by atoms with Crippen molar-refractivity contribution >= 4 is 22.5 Å². The molecule has 0 aliphatic carbocycles. The van der Waals surface area contributed by atoms with Crippen LogP contribution in [-0.4, -0.2) is 55.2 Å². The van der Waals surface area contributed by atoms with E-state index >= 15 is 0 Å². The maximum Gasteiger partial charge on any atom is 0.315 e. The van der Waals surface area contributed by atoms with Crippen LogP contribution in [0, 0.1) is 0 Å². The minimum atomic E-state index is -0.115. The predicted octanol–water partition coefficient (Wildman–Crippen LogP) is 4.91. The third-order valence-corrected chi connectivity index (χ3v) is 6.83. The average Bonchev–Trinajstić information content (AvgIpc) is 2.95. The third-order valence-electron chi connectivity index (χ3n) is 6.83. The van der Waals surface area contributed by atoms with E-state index in [-0.39, 0.29) is 6.03 Å². The second-order valence-electron chi connectivity index (χ2n) is 9.26. The van der Waals surface area contributed by atoms with Crippen molar-refractivity contribution in [3.8, 4) is 11.1 Å². The Bertz CT molecular complexity index is 1270. The van der Waals surface area contributed by atoms with Crippen LogP contribution in [0.3, 0.4) is 0 Å². The molecule has 0 atom stereocenters. The van der Waals surface area contributed by atoms with E-state index in [1.165, 1.54) is 27.6 Å². The molecule has 1 aliphatic heterocycles. The number of hydrogen-bond acceptors (Lipinski definition) is 4. The van der Waals surface area contributed by atoms with Gasteiger partial charge in [0.2, 0.25) is 0 Å². The molecule has 2 N–H and O–H groups in total. The summed E-state index contributed by atoms with van der Waals surface area (Å²) >= 11 is 0. The van der Waals surface area contributed by atoms with E-state index in [1.54, 1.807) is 0 Å². The van der Waals surface area contributed by atoms with E-state index in [0.717, 1.165) is 44.7 Å². The summed E-state index contributed by atoms with van der Waals surface area (Å²) in [6.07, 6.45) is 4.64. The maximum absolute atomic E-state index is 12.2. The number of carbonyl (C=O) groups excluding carboxylic acids is 1. The quantitative estimate of drug-likeness (QED) is 0.353. The van der Waals surface area contributed by atoms with E-state index in [2.05, 4.69) is 104 Å². The molecule has 1 fully saturated rings. The van der Waals surface area contributed by atoms with Crippen LogP contribution in [0.15, 0.2) is 91.3 Å². The first-order valence-electron chi connectivity index (χ1n) is 12.7. The lowest BCUT2D eigenvalue weighted by Crippen LogP contribution is -2.47. The standard InChI is InChI=1S/C30H33N5O/c36-30(32-14-3-17-34-18-20-35(21-19-34)29-12-15-31-16-13-29)33-23-24-6-8-26(9-7-24)28-11-10-25-4-1-2-5-27(25)22-28/h1-2,4-13,15-16,22H,3,14,17-21,23H2,(H2,32,33,36). The number of nitrogens with one attached hydrogen (secondary N) is 2. The zero-order valence-electron chi connectivity index (χ0n) is 20.6. The summed E-state index contributed by atoms with van der Waals surface area (Å²) in [6.45, 7) is 6.33. The van der Waals surface area contributed by atoms with Gasteiger partial charge < -0.3 is 15.5 Å². The first-order valence-corrected chi connectivity index (χ1v) is 12.7. The number of anilines is 1. The van der Waals surface area contributed by atoms with Gasteiger partial charge in [-0.15, -0.1) is 0 Å². The zero-order valence-corrected chi connectivity index (χ0v) is 20.6. The second-order valence-corrected chi connectivity index (χ2v) is 9.26. The number of amides is 2. The highest BCUT2D eigenvalue weighted by Gasteiger charge is 2.16. The van der Waals surface area contributed by atoms with Crippen LogP contribution < -0.4 is 15.5 Å². The SMILES string of the molecule is O=C(NCCCN1CCN(c2ccncc2)CC1)NCc1ccc(-c2ccc3ccccc3c2)cc1. The summed E-state index contributed by atoms with van der Waals surface area (Å²) in [5, 5.41) is 8.44. The van der Waals surface area contributed by atoms with Gasteiger partial charge in [-0.2, -0.15) is 0 Å². The fourth-order valence-electron chi connectivity index (χ4n) is 4.72. The Morgan fingerprint density at radius 3 is 2.28 bits per heavy atom. The second kappa shape index (κ2) is 11.7. The highest BCUT2D eigenvalue weighted by Crippen LogP contribution is 2.24. The van der Waals surface area contributed by atoms with E-state index in [9.17, 15) is 4.79 Å². The molecule has 2 amide bonds. The van der Waals surface area contributed by atoms with Gasteiger partial charge >= 0.3 is 6.03 Å². The van der Waals surface area contributed by atoms with E-state index < -0.39 is 0 Å². The summed E-state index contributed by atoms with van der Waals surface area (Å²) in [5.74, 6) is 0. The Morgan fingerprint density at radius 1 is 0.778 bits per heavy atom. The van der Waals surface area contributed by atoms with Gasteiger partial charge in [0, 0.05) is 57.3 Å². The highest BCUT2D eigenvalue weighted by atomic mass is 16.2. The van der Waals surface area contributed by atoms with Crippen molar-refractivity contribution in [3.63, 3.8) is 0 Å². The molecule has 6 nitrogen and oxygen atoms in total. The lowest BCUT2D eigenvalue weighted by molar-refractivity contribution is 0.235. The van der Waals surface area contributed by atoms with Crippen molar-refractivity contribution in [2.75, 3.05) is 44.2 Å². The summed E-state index contributed by atoms with van der Waals surface area (Å²) < 4.78 is 0. The number of pyridine rings is 1. The molecule has 4 aromatic rings. The number of nitrogens with zero attached hydrogens (tertiary/aromatic N) is 3. The minimum Gasteiger partial charge on any atom is -0.369 e. The molecule has 0 unspecified atom stereocenters. The summed E-state index contributed by atoms with van der Waals surface area (Å²) in [4.78, 5) is 21.2. The van der Waals surface area contributed by atoms with Gasteiger partial charge in [-0.05, 0) is 58.6 Å². The van der Waals surface area contributed by atoms with Crippen molar-refractivity contribution in [1.82, 2.24) is 20.5 Å². The van der Waals surface area contributed by atoms with Gasteiger partial charge in [0.25, 0.3) is 0 Å². The molecule has 6 heteroatoms. The normalized spacial score (nSPS) is 14.1. The molecule has 0 radical (unpaired) electrons. The Hall–Kier alpha value is -3.90. The molecule has 0 saturated carbocycles. The molecule has 3 aromatic carbocycles. The summed E-state index contributed by atoms with van der Waals surface area (Å²) in [6, 6.07) is 27.3. The van der Waals surface area contributed by atoms with Crippen molar-refractivity contribution in [2.24, 2.45) is 0 Å². The molecule has 0 bridgehead atoms. The Morgan fingerprint density at radius 2 is 1.50 bits per heavy atom. The fourth-order valence-corrected chi connectivity index (χ4v) is 4.72. The van der Waals surface area contributed by atoms with Gasteiger partial charge in [0.05, 0.1) is 0 Å². The maximum atomic E-state index is 12.2. The fraction of sp³-hybridized carbons (Fsp3) is 0.267. The number of fused-ring (bicyclic) bond motifs is 1. The van der Waals surface area contributed by atoms with Crippen LogP contribution >= 0.6 is 0 Å². The summed E-state index contributed by atoms with van der Waals surface area (Å²) in [7, 11) is 0. The Kier molecular flexibility index (Phi) is 7.73. The molecule has 1 aliphatic rings. The van der Waals surface area contributed by atoms with Crippen molar-refractivity contribution in [3.05, 3.63) is 96.8 Å². The van der Waals surface area contributed by atoms with Gasteiger partial charge in [-0.1, -0.05) is 60.7 Å². The minimum absolute atomic E-state index is 0.115. The molecule has 2 heterocycles. The topological polar surface area (TPSA) is 60.5 Å². The molecule has 5 rings (SSSR count). The molecule has 1 saturated heterocycles. The number of aromatic nitrogens is 1. The van der Waals surface area contributed by atoms with E-state index in [4.69, 9.17) is 0 Å². The molecule has 36 heavy (non-hydrogen) atoms. The number of carbonyl (C=O) groups is 1. The molecule has 1 aromatic heterocycles. The zero-order chi connectivity index (χ0) is 24.6. The largest absolute Gasteiger partial charge is 0.369 e. The van der Waals surface area contributed by atoms with Gasteiger partial charge in [-0.3, -0.25) is 9.88 Å². The Balaban J connectivity index is 0.995. The number of benzene rings is 3. The van der Waals surface area contributed by atoms with Crippen LogP contribution in [0.5, 0.6) is 0 Å². The number of hydrogen-bond donors (Lipinski definition) is 2. The molecule has 184 valence electrons. The molecular formula is C30H33N5O. The summed E-state index contributed by atoms with van der Waals surface area (Å²) in [5.41, 5.74) is 4.70. The van der Waals surface area contributed by atoms with Crippen LogP contribution in [0.25, 0.3) is 21.9 Å². The van der Waals surface area contributed by atoms with Gasteiger partial charge in [-0.25, -0.2) is 4.79 Å². The van der Waals surface area contributed by atoms with Crippen molar-refractivity contribution in [2.45, 2.75) is 13.0 Å². The van der Waals surface area contributed by atoms with Crippen molar-refractivity contribution in [1.29, 1.82) is 0 Å². The van der Waals surface area contributed by atoms with E-state index in [1.807, 2.05) is 12.4 Å². The van der Waals surface area contributed by atoms with Crippen LogP contribution in [0.2, 0.25) is 0 Å². The number of piperazine rings is 1. The molecular weight excluding hydrogens is 446 g/mol. The van der Waals surface area contributed by atoms with Crippen LogP contribution in [-0.2, 0) is 6.54 Å². The third kappa shape index (κ3) is 6.20. The van der Waals surface area contributed by atoms with Gasteiger partial charge in [0.1, 0.15) is 0 Å². The lowest BCUT2D eigenvalue weighted by Gasteiger charge is -2.36. The lowest BCUT2D eigenvalue weighted by atomic mass is 10.0. The average molecular weight is 480 g/mol. The predicted molar refractivity (Wildman–Crippen MR) is 147 cm³/mol. The first-order chi connectivity index (χ1) is 17.7. The Labute approximate surface area is 213 Å². The number of rotatable bonds is 8. The highest BCUT2D eigenvalue weighted by molar-refractivity contribution is 5.87. The van der Waals surface area contributed by atoms with Crippen LogP contribution in [0.1, 0.15) is 12.0 Å². The first kappa shape index (κ1) is 23.8. The van der Waals surface area contributed by atoms with E-state index in [0.29, 0.717) is 13.1 Å². The van der Waals surface area contributed by atoms with Crippen molar-refractivity contribution < 1.29 is 4.79 Å².